The smallest absolute Gasteiger partial charge is 0.137 e. The van der Waals surface area contributed by atoms with Crippen LogP contribution in [0.4, 0.5) is 14.5 Å². The third-order valence-electron chi connectivity index (χ3n) is 6.29. The molecule has 0 amide bonds. The number of hydrogen-bond acceptors (Lipinski definition) is 5. The molecule has 2 atom stereocenters. The molecular formula is C26H23BrF2N6O. The zero-order valence-corrected chi connectivity index (χ0v) is 20.9. The summed E-state index contributed by atoms with van der Waals surface area (Å²) in [7, 11) is 0. The molecule has 36 heavy (non-hydrogen) atoms. The van der Waals surface area contributed by atoms with Crippen LogP contribution < -0.4 is 5.32 Å². The molecule has 0 aliphatic carbocycles. The van der Waals surface area contributed by atoms with Crippen molar-refractivity contribution in [2.24, 2.45) is 0 Å². The Kier molecular flexibility index (Phi) is 6.55. The van der Waals surface area contributed by atoms with Crippen molar-refractivity contribution in [3.8, 4) is 0 Å². The molecule has 184 valence electrons. The number of anilines is 1. The lowest BCUT2D eigenvalue weighted by atomic mass is 9.86. The molecule has 0 aliphatic heterocycles. The molecule has 0 bridgehead atoms. The number of aromatic nitrogens is 5. The van der Waals surface area contributed by atoms with Crippen molar-refractivity contribution < 1.29 is 13.9 Å². The van der Waals surface area contributed by atoms with E-state index in [-0.39, 0.29) is 12.1 Å². The number of benzene rings is 3. The Morgan fingerprint density at radius 3 is 2.61 bits per heavy atom. The zero-order valence-electron chi connectivity index (χ0n) is 19.3. The second-order valence-corrected chi connectivity index (χ2v) is 9.60. The van der Waals surface area contributed by atoms with Crippen LogP contribution in [0, 0.1) is 11.6 Å². The lowest BCUT2D eigenvalue weighted by molar-refractivity contribution is -0.0366. The molecule has 10 heteroatoms. The van der Waals surface area contributed by atoms with Gasteiger partial charge in [0.2, 0.25) is 0 Å². The predicted octanol–water partition coefficient (Wildman–Crippen LogP) is 5.43. The van der Waals surface area contributed by atoms with Gasteiger partial charge in [-0.3, -0.25) is 4.68 Å². The van der Waals surface area contributed by atoms with Crippen molar-refractivity contribution in [3.05, 3.63) is 107 Å². The van der Waals surface area contributed by atoms with Crippen molar-refractivity contribution in [3.63, 3.8) is 0 Å². The maximum absolute atomic E-state index is 14.9. The van der Waals surface area contributed by atoms with Crippen LogP contribution in [0.1, 0.15) is 24.1 Å². The number of aliphatic hydroxyl groups is 1. The molecule has 5 rings (SSSR count). The normalized spacial score (nSPS) is 14.0. The molecule has 5 aromatic rings. The van der Waals surface area contributed by atoms with Crippen LogP contribution >= 0.6 is 15.9 Å². The Morgan fingerprint density at radius 1 is 1.08 bits per heavy atom. The molecule has 7 nitrogen and oxygen atoms in total. The number of fused-ring (bicyclic) bond motifs is 1. The molecular weight excluding hydrogens is 530 g/mol. The first-order chi connectivity index (χ1) is 17.3. The van der Waals surface area contributed by atoms with Crippen molar-refractivity contribution >= 4 is 32.5 Å². The Labute approximate surface area is 214 Å². The molecule has 0 aliphatic rings. The molecule has 0 spiro atoms. The highest BCUT2D eigenvalue weighted by Crippen LogP contribution is 2.37. The van der Waals surface area contributed by atoms with Crippen LogP contribution in [0.5, 0.6) is 0 Å². The van der Waals surface area contributed by atoms with Crippen LogP contribution in [0.3, 0.4) is 0 Å². The van der Waals surface area contributed by atoms with Gasteiger partial charge in [0, 0.05) is 39.9 Å². The third-order valence-corrected chi connectivity index (χ3v) is 6.82. The minimum absolute atomic E-state index is 0.0525. The van der Waals surface area contributed by atoms with Gasteiger partial charge in [-0.1, -0.05) is 34.1 Å². The average Bonchev–Trinajstić information content (AvgIpc) is 3.52. The lowest BCUT2D eigenvalue weighted by Gasteiger charge is -2.34. The van der Waals surface area contributed by atoms with E-state index >= 15 is 0 Å². The molecule has 0 fully saturated rings. The van der Waals surface area contributed by atoms with Crippen LogP contribution in [0.15, 0.2) is 84.0 Å². The summed E-state index contributed by atoms with van der Waals surface area (Å²) >= 11 is 3.44. The summed E-state index contributed by atoms with van der Waals surface area (Å²) in [5.74, 6) is -1.57. The standard InChI is InChI=1S/C26H23BrF2N6O/c1-17(26(36,14-34-16-30-15-32-34)23-8-6-21(28)11-24(23)29)35-13-19-10-22(7-9-25(19)33-35)31-12-18-2-4-20(27)5-3-18/h2-11,13,15-17,31,36H,12,14H2,1H3/t17-,26-/m1/s1. The van der Waals surface area contributed by atoms with E-state index in [4.69, 9.17) is 0 Å². The quantitative estimate of drug-likeness (QED) is 0.268. The maximum atomic E-state index is 14.9. The number of hydrogen-bond donors (Lipinski definition) is 2. The van der Waals surface area contributed by atoms with Crippen molar-refractivity contribution in [1.82, 2.24) is 24.5 Å². The predicted molar refractivity (Wildman–Crippen MR) is 136 cm³/mol. The van der Waals surface area contributed by atoms with E-state index in [1.54, 1.807) is 17.8 Å². The Bertz CT molecular complexity index is 1490. The summed E-state index contributed by atoms with van der Waals surface area (Å²) in [5.41, 5.74) is 0.931. The molecule has 3 aromatic carbocycles. The minimum Gasteiger partial charge on any atom is -0.381 e. The van der Waals surface area contributed by atoms with E-state index in [9.17, 15) is 13.9 Å². The molecule has 0 saturated heterocycles. The minimum atomic E-state index is -1.80. The third kappa shape index (κ3) is 4.87. The number of nitrogens with one attached hydrogen (secondary N) is 1. The first-order valence-electron chi connectivity index (χ1n) is 11.3. The Morgan fingerprint density at radius 2 is 1.89 bits per heavy atom. The maximum Gasteiger partial charge on any atom is 0.137 e. The van der Waals surface area contributed by atoms with Gasteiger partial charge < -0.3 is 10.4 Å². The summed E-state index contributed by atoms with van der Waals surface area (Å²) in [4.78, 5) is 3.91. The van der Waals surface area contributed by atoms with E-state index in [0.29, 0.717) is 6.54 Å². The first kappa shape index (κ1) is 24.1. The largest absolute Gasteiger partial charge is 0.381 e. The van der Waals surface area contributed by atoms with Gasteiger partial charge in [0.05, 0.1) is 18.1 Å². The summed E-state index contributed by atoms with van der Waals surface area (Å²) < 4.78 is 32.5. The van der Waals surface area contributed by atoms with E-state index in [0.717, 1.165) is 38.8 Å². The van der Waals surface area contributed by atoms with Gasteiger partial charge in [-0.25, -0.2) is 18.4 Å². The van der Waals surface area contributed by atoms with Crippen LogP contribution in [-0.4, -0.2) is 29.7 Å². The first-order valence-corrected chi connectivity index (χ1v) is 12.1. The van der Waals surface area contributed by atoms with Crippen molar-refractivity contribution in [2.45, 2.75) is 31.7 Å². The van der Waals surface area contributed by atoms with E-state index in [1.807, 2.05) is 42.5 Å². The molecule has 2 heterocycles. The summed E-state index contributed by atoms with van der Waals surface area (Å²) in [6.45, 7) is 2.29. The highest BCUT2D eigenvalue weighted by atomic mass is 79.9. The summed E-state index contributed by atoms with van der Waals surface area (Å²) in [5, 5.41) is 24.8. The van der Waals surface area contributed by atoms with Gasteiger partial charge in [0.1, 0.15) is 29.9 Å². The summed E-state index contributed by atoms with van der Waals surface area (Å²) in [6, 6.07) is 16.3. The molecule has 2 aromatic heterocycles. The van der Waals surface area contributed by atoms with E-state index in [2.05, 4.69) is 36.4 Å². The van der Waals surface area contributed by atoms with Gasteiger partial charge in [-0.15, -0.1) is 0 Å². The summed E-state index contributed by atoms with van der Waals surface area (Å²) in [6.07, 6.45) is 4.57. The topological polar surface area (TPSA) is 80.8 Å². The fourth-order valence-corrected chi connectivity index (χ4v) is 4.49. The van der Waals surface area contributed by atoms with Crippen LogP contribution in [-0.2, 0) is 18.7 Å². The monoisotopic (exact) mass is 552 g/mol. The highest BCUT2D eigenvalue weighted by molar-refractivity contribution is 9.10. The van der Waals surface area contributed by atoms with E-state index in [1.165, 1.54) is 23.4 Å². The molecule has 2 N–H and O–H groups in total. The van der Waals surface area contributed by atoms with E-state index < -0.39 is 23.3 Å². The fourth-order valence-electron chi connectivity index (χ4n) is 4.22. The van der Waals surface area contributed by atoms with Gasteiger partial charge in [-0.05, 0) is 48.9 Å². The van der Waals surface area contributed by atoms with Gasteiger partial charge >= 0.3 is 0 Å². The molecule has 0 unspecified atom stereocenters. The molecule has 0 saturated carbocycles. The molecule has 0 radical (unpaired) electrons. The highest BCUT2D eigenvalue weighted by Gasteiger charge is 2.40. The van der Waals surface area contributed by atoms with Gasteiger partial charge in [0.25, 0.3) is 0 Å². The van der Waals surface area contributed by atoms with Crippen LogP contribution in [0.25, 0.3) is 10.9 Å². The second kappa shape index (κ2) is 9.79. The number of halogens is 3. The Hall–Kier alpha value is -3.63. The SMILES string of the molecule is C[C@@H](n1cc2cc(NCc3ccc(Br)cc3)ccc2n1)[C@](O)(Cn1cncn1)c1ccc(F)cc1F. The van der Waals surface area contributed by atoms with Crippen molar-refractivity contribution in [1.29, 1.82) is 0 Å². The van der Waals surface area contributed by atoms with Gasteiger partial charge in [0.15, 0.2) is 0 Å². The van der Waals surface area contributed by atoms with Crippen LogP contribution in [0.2, 0.25) is 0 Å². The van der Waals surface area contributed by atoms with Gasteiger partial charge in [-0.2, -0.15) is 10.2 Å². The lowest BCUT2D eigenvalue weighted by Crippen LogP contribution is -2.40. The second-order valence-electron chi connectivity index (χ2n) is 8.68. The fraction of sp³-hybridized carbons (Fsp3) is 0.192. The average molecular weight is 553 g/mol. The van der Waals surface area contributed by atoms with Crippen molar-refractivity contribution in [2.75, 3.05) is 5.32 Å². The zero-order chi connectivity index (χ0) is 25.3. The number of rotatable bonds is 8. The number of nitrogens with zero attached hydrogens (tertiary/aromatic N) is 5. The Balaban J connectivity index is 1.45.